The van der Waals surface area contributed by atoms with Gasteiger partial charge in [-0.05, 0) is 13.8 Å². The second kappa shape index (κ2) is 4.98. The highest BCUT2D eigenvalue weighted by atomic mass is 16.6. The van der Waals surface area contributed by atoms with Gasteiger partial charge in [0.2, 0.25) is 0 Å². The Hall–Kier alpha value is -1.56. The fourth-order valence-corrected chi connectivity index (χ4v) is 0.908. The van der Waals surface area contributed by atoms with Gasteiger partial charge in [0.1, 0.15) is 6.26 Å². The molecule has 0 aliphatic rings. The van der Waals surface area contributed by atoms with E-state index in [1.807, 2.05) is 13.8 Å². The maximum Gasteiger partial charge on any atom is 0.394 e. The molecule has 0 fully saturated rings. The van der Waals surface area contributed by atoms with E-state index in [4.69, 9.17) is 19.0 Å². The summed E-state index contributed by atoms with van der Waals surface area (Å²) in [7, 11) is 1.62. The molecule has 0 bridgehead atoms. The fraction of sp³-hybridized carbons (Fsp3) is 0.600. The van der Waals surface area contributed by atoms with Gasteiger partial charge in [0, 0.05) is 13.5 Å². The highest BCUT2D eigenvalue weighted by Crippen LogP contribution is 2.15. The molecule has 0 aromatic carbocycles. The molecule has 1 aromatic rings. The molecule has 90 valence electrons. The van der Waals surface area contributed by atoms with Crippen molar-refractivity contribution in [2.24, 2.45) is 0 Å². The van der Waals surface area contributed by atoms with E-state index in [-0.39, 0.29) is 17.4 Å². The van der Waals surface area contributed by atoms with Crippen molar-refractivity contribution in [3.8, 4) is 6.08 Å². The van der Waals surface area contributed by atoms with Gasteiger partial charge >= 0.3 is 12.0 Å². The number of ether oxygens (including phenoxy) is 2. The number of carbonyl (C=O) groups is 1. The molecule has 0 saturated heterocycles. The number of carboxylic acids is 1. The molecule has 6 nitrogen and oxygen atoms in total. The van der Waals surface area contributed by atoms with Gasteiger partial charge in [-0.15, -0.1) is 0 Å². The molecule has 1 aromatic heterocycles. The van der Waals surface area contributed by atoms with E-state index >= 15 is 0 Å². The highest BCUT2D eigenvalue weighted by molar-refractivity contribution is 5.84. The lowest BCUT2D eigenvalue weighted by Crippen LogP contribution is -2.25. The van der Waals surface area contributed by atoms with E-state index in [0.717, 1.165) is 6.26 Å². The van der Waals surface area contributed by atoms with E-state index < -0.39 is 5.97 Å². The summed E-state index contributed by atoms with van der Waals surface area (Å²) in [5, 5.41) is 8.59. The zero-order valence-corrected chi connectivity index (χ0v) is 9.52. The van der Waals surface area contributed by atoms with Crippen LogP contribution in [0.3, 0.4) is 0 Å². The topological polar surface area (TPSA) is 81.8 Å². The van der Waals surface area contributed by atoms with Crippen molar-refractivity contribution in [3.05, 3.63) is 12.0 Å². The Morgan fingerprint density at radius 3 is 2.81 bits per heavy atom. The van der Waals surface area contributed by atoms with Gasteiger partial charge in [0.25, 0.3) is 0 Å². The third-order valence-electron chi connectivity index (χ3n) is 2.18. The molecule has 0 aliphatic carbocycles. The molecule has 0 atom stereocenters. The minimum Gasteiger partial charge on any atom is -0.476 e. The molecule has 1 N–H and O–H groups in total. The van der Waals surface area contributed by atoms with Crippen LogP contribution < -0.4 is 4.74 Å². The maximum atomic E-state index is 10.5. The summed E-state index contributed by atoms with van der Waals surface area (Å²) in [6, 6.07) is 0. The first kappa shape index (κ1) is 12.5. The molecule has 0 amide bonds. The second-order valence-corrected chi connectivity index (χ2v) is 3.87. The largest absolute Gasteiger partial charge is 0.476 e. The van der Waals surface area contributed by atoms with Gasteiger partial charge in [0.15, 0.2) is 5.69 Å². The lowest BCUT2D eigenvalue weighted by Gasteiger charge is -2.21. The van der Waals surface area contributed by atoms with E-state index in [0.29, 0.717) is 13.0 Å². The lowest BCUT2D eigenvalue weighted by molar-refractivity contribution is 0.00289. The molecule has 0 saturated carbocycles. The average molecular weight is 229 g/mol. The van der Waals surface area contributed by atoms with Crippen LogP contribution in [0, 0.1) is 0 Å². The highest BCUT2D eigenvalue weighted by Gasteiger charge is 2.17. The van der Waals surface area contributed by atoms with Crippen molar-refractivity contribution in [1.82, 2.24) is 4.98 Å². The first-order valence-corrected chi connectivity index (χ1v) is 4.81. The molecule has 1 rings (SSSR count). The van der Waals surface area contributed by atoms with Crippen molar-refractivity contribution in [1.29, 1.82) is 0 Å². The van der Waals surface area contributed by atoms with Crippen molar-refractivity contribution in [3.63, 3.8) is 0 Å². The van der Waals surface area contributed by atoms with E-state index in [9.17, 15) is 4.79 Å². The summed E-state index contributed by atoms with van der Waals surface area (Å²) in [5.74, 6) is -1.14. The van der Waals surface area contributed by atoms with Crippen LogP contribution in [0.15, 0.2) is 10.7 Å². The minimum atomic E-state index is -1.14. The number of hydrogen-bond acceptors (Lipinski definition) is 5. The number of oxazole rings is 1. The van der Waals surface area contributed by atoms with Crippen LogP contribution in [0.1, 0.15) is 30.8 Å². The third kappa shape index (κ3) is 3.54. The number of carboxylic acid groups (broad SMARTS) is 1. The monoisotopic (exact) mass is 229 g/mol. The maximum absolute atomic E-state index is 10.5. The molecule has 0 unspecified atom stereocenters. The Morgan fingerprint density at radius 2 is 2.31 bits per heavy atom. The molecule has 16 heavy (non-hydrogen) atoms. The van der Waals surface area contributed by atoms with Crippen molar-refractivity contribution < 1.29 is 23.8 Å². The number of methoxy groups -OCH3 is 1. The van der Waals surface area contributed by atoms with E-state index in [1.54, 1.807) is 7.11 Å². The molecule has 0 spiro atoms. The number of hydrogen-bond donors (Lipinski definition) is 1. The Kier molecular flexibility index (Phi) is 3.89. The molecule has 0 radical (unpaired) electrons. The van der Waals surface area contributed by atoms with Crippen molar-refractivity contribution >= 4 is 5.97 Å². The summed E-state index contributed by atoms with van der Waals surface area (Å²) in [6.07, 6.45) is 1.65. The molecule has 1 heterocycles. The van der Waals surface area contributed by atoms with Crippen LogP contribution in [-0.4, -0.2) is 35.4 Å². The predicted octanol–water partition coefficient (Wildman–Crippen LogP) is 1.57. The smallest absolute Gasteiger partial charge is 0.394 e. The summed E-state index contributed by atoms with van der Waals surface area (Å²) in [5.41, 5.74) is -0.455. The van der Waals surface area contributed by atoms with Crippen LogP contribution in [-0.2, 0) is 4.74 Å². The summed E-state index contributed by atoms with van der Waals surface area (Å²) in [4.78, 5) is 14.1. The zero-order chi connectivity index (χ0) is 12.2. The number of aromatic nitrogens is 1. The Labute approximate surface area is 93.2 Å². The second-order valence-electron chi connectivity index (χ2n) is 3.87. The van der Waals surface area contributed by atoms with Crippen LogP contribution in [0.2, 0.25) is 0 Å². The molecular weight excluding hydrogens is 214 g/mol. The van der Waals surface area contributed by atoms with Gasteiger partial charge in [-0.2, -0.15) is 4.98 Å². The third-order valence-corrected chi connectivity index (χ3v) is 2.18. The quantitative estimate of drug-likeness (QED) is 0.797. The summed E-state index contributed by atoms with van der Waals surface area (Å²) < 4.78 is 15.2. The van der Waals surface area contributed by atoms with Crippen LogP contribution in [0.5, 0.6) is 6.08 Å². The van der Waals surface area contributed by atoms with Gasteiger partial charge in [-0.3, -0.25) is 0 Å². The fourth-order valence-electron chi connectivity index (χ4n) is 0.908. The summed E-state index contributed by atoms with van der Waals surface area (Å²) >= 11 is 0. The van der Waals surface area contributed by atoms with Crippen molar-refractivity contribution in [2.75, 3.05) is 13.7 Å². The molecule has 0 aliphatic heterocycles. The van der Waals surface area contributed by atoms with Gasteiger partial charge in [0.05, 0.1) is 12.2 Å². The van der Waals surface area contributed by atoms with E-state index in [2.05, 4.69) is 4.98 Å². The zero-order valence-electron chi connectivity index (χ0n) is 9.52. The van der Waals surface area contributed by atoms with Crippen LogP contribution >= 0.6 is 0 Å². The lowest BCUT2D eigenvalue weighted by atomic mass is 10.1. The first-order chi connectivity index (χ1) is 7.44. The Morgan fingerprint density at radius 1 is 1.62 bits per heavy atom. The van der Waals surface area contributed by atoms with Gasteiger partial charge in [-0.1, -0.05) is 0 Å². The van der Waals surface area contributed by atoms with Crippen LogP contribution in [0.25, 0.3) is 0 Å². The van der Waals surface area contributed by atoms with Gasteiger partial charge in [-0.25, -0.2) is 4.79 Å². The van der Waals surface area contributed by atoms with Crippen LogP contribution in [0.4, 0.5) is 0 Å². The van der Waals surface area contributed by atoms with Gasteiger partial charge < -0.3 is 19.0 Å². The predicted molar refractivity (Wildman–Crippen MR) is 54.7 cm³/mol. The number of aromatic carboxylic acids is 1. The Balaban J connectivity index is 2.40. The first-order valence-electron chi connectivity index (χ1n) is 4.81. The Bertz CT molecular complexity index is 358. The molecular formula is C10H15NO5. The van der Waals surface area contributed by atoms with E-state index in [1.165, 1.54) is 0 Å². The number of nitrogens with zero attached hydrogens (tertiary/aromatic N) is 1. The SMILES string of the molecule is COC(C)(C)CCOc1nc(C(=O)O)co1. The van der Waals surface area contributed by atoms with Crippen molar-refractivity contribution in [2.45, 2.75) is 25.9 Å². The molecule has 6 heteroatoms. The minimum absolute atomic E-state index is 0.0377. The average Bonchev–Trinajstić information content (AvgIpc) is 2.66. The number of rotatable bonds is 6. The summed E-state index contributed by atoms with van der Waals surface area (Å²) in [6.45, 7) is 4.20. The standard InChI is InChI=1S/C10H15NO5/c1-10(2,14-3)4-5-15-9-11-7(6-16-9)8(12)13/h6H,4-5H2,1-3H3,(H,12,13). The normalized spacial score (nSPS) is 11.4.